The van der Waals surface area contributed by atoms with Gasteiger partial charge in [-0.05, 0) is 50.9 Å². The normalized spacial score (nSPS) is 26.8. The van der Waals surface area contributed by atoms with E-state index in [2.05, 4.69) is 17.1 Å². The highest BCUT2D eigenvalue weighted by Crippen LogP contribution is 2.31. The molecule has 1 amide bonds. The Kier molecular flexibility index (Phi) is 9.54. The number of sulfonamides is 1. The van der Waals surface area contributed by atoms with Gasteiger partial charge >= 0.3 is 0 Å². The van der Waals surface area contributed by atoms with Crippen LogP contribution in [0.25, 0.3) is 0 Å². The van der Waals surface area contributed by atoms with Crippen LogP contribution < -0.4 is 5.32 Å². The van der Waals surface area contributed by atoms with Crippen molar-refractivity contribution in [2.45, 2.75) is 49.7 Å². The first-order chi connectivity index (χ1) is 17.2. The summed E-state index contributed by atoms with van der Waals surface area (Å²) in [7, 11) is -3.90. The van der Waals surface area contributed by atoms with Gasteiger partial charge in [0.05, 0.1) is 30.9 Å². The molecule has 3 fully saturated rings. The Labute approximate surface area is 224 Å². The number of ether oxygens (including phenoxy) is 2. The summed E-state index contributed by atoms with van der Waals surface area (Å²) in [5, 5.41) is 3.97. The lowest BCUT2D eigenvalue weighted by Gasteiger charge is -2.42. The first-order valence-electron chi connectivity index (χ1n) is 12.5. The summed E-state index contributed by atoms with van der Waals surface area (Å²) in [6, 6.07) is 3.49. The molecule has 202 valence electrons. The van der Waals surface area contributed by atoms with Crippen LogP contribution >= 0.6 is 23.2 Å². The summed E-state index contributed by atoms with van der Waals surface area (Å²) in [5.41, 5.74) is 0.626. The second-order valence-corrected chi connectivity index (χ2v) is 12.5. The van der Waals surface area contributed by atoms with E-state index in [-0.39, 0.29) is 48.8 Å². The third-order valence-electron chi connectivity index (χ3n) is 7.29. The molecule has 36 heavy (non-hydrogen) atoms. The van der Waals surface area contributed by atoms with Crippen molar-refractivity contribution < 1.29 is 22.7 Å². The zero-order valence-corrected chi connectivity index (χ0v) is 23.2. The van der Waals surface area contributed by atoms with Crippen LogP contribution in [-0.4, -0.2) is 112 Å². The largest absolute Gasteiger partial charge is 0.378 e. The second-order valence-electron chi connectivity index (χ2n) is 9.84. The van der Waals surface area contributed by atoms with Crippen LogP contribution in [0.5, 0.6) is 0 Å². The first-order valence-corrected chi connectivity index (χ1v) is 14.7. The van der Waals surface area contributed by atoms with E-state index in [0.29, 0.717) is 35.8 Å². The molecule has 4 rings (SSSR count). The van der Waals surface area contributed by atoms with Crippen molar-refractivity contribution in [3.63, 3.8) is 0 Å². The highest BCUT2D eigenvalue weighted by atomic mass is 35.5. The number of rotatable bonds is 7. The molecule has 12 heteroatoms. The number of aryl methyl sites for hydroxylation is 1. The molecule has 1 N–H and O–H groups in total. The highest BCUT2D eigenvalue weighted by Gasteiger charge is 2.36. The average Bonchev–Trinajstić information content (AvgIpc) is 2.86. The summed E-state index contributed by atoms with van der Waals surface area (Å²) < 4.78 is 39.4. The van der Waals surface area contributed by atoms with E-state index in [1.54, 1.807) is 6.92 Å². The van der Waals surface area contributed by atoms with Gasteiger partial charge in [0, 0.05) is 49.8 Å². The van der Waals surface area contributed by atoms with Crippen molar-refractivity contribution in [3.8, 4) is 0 Å². The predicted molar refractivity (Wildman–Crippen MR) is 139 cm³/mol. The molecule has 1 aromatic carbocycles. The standard InChI is InChI=1S/C24H36Cl2N4O5S/c1-17-11-23(22(26)13-21(17)25)36(32,33)30-9-10-34-14-20(30)15-35-16-24(31)29-7-5-28(6-8-29)19-3-4-27-18(2)12-19/h11,13,18-20,27H,3-10,12,14-16H2,1-2H3. The molecule has 3 aliphatic rings. The van der Waals surface area contributed by atoms with Crippen LogP contribution in [0.4, 0.5) is 0 Å². The summed E-state index contributed by atoms with van der Waals surface area (Å²) in [6.45, 7) is 8.71. The number of benzene rings is 1. The van der Waals surface area contributed by atoms with Crippen molar-refractivity contribution in [1.82, 2.24) is 19.4 Å². The molecule has 3 saturated heterocycles. The van der Waals surface area contributed by atoms with Gasteiger partial charge in [0.2, 0.25) is 15.9 Å². The summed E-state index contributed by atoms with van der Waals surface area (Å²) in [6.07, 6.45) is 2.28. The molecule has 0 bridgehead atoms. The minimum absolute atomic E-state index is 0.00931. The molecule has 9 nitrogen and oxygen atoms in total. The van der Waals surface area contributed by atoms with E-state index < -0.39 is 16.1 Å². The second kappa shape index (κ2) is 12.3. The molecular formula is C24H36Cl2N4O5S. The van der Waals surface area contributed by atoms with Gasteiger partial charge in [-0.2, -0.15) is 4.31 Å². The van der Waals surface area contributed by atoms with Crippen molar-refractivity contribution in [3.05, 3.63) is 27.7 Å². The van der Waals surface area contributed by atoms with Crippen molar-refractivity contribution in [2.75, 3.05) is 65.7 Å². The maximum atomic E-state index is 13.4. The fourth-order valence-electron chi connectivity index (χ4n) is 5.19. The number of nitrogens with zero attached hydrogens (tertiary/aromatic N) is 3. The quantitative estimate of drug-likeness (QED) is 0.543. The fourth-order valence-corrected chi connectivity index (χ4v) is 7.58. The number of carbonyl (C=O) groups excluding carboxylic acids is 1. The lowest BCUT2D eigenvalue weighted by Crippen LogP contribution is -2.55. The van der Waals surface area contributed by atoms with Crippen LogP contribution in [0.1, 0.15) is 25.3 Å². The highest BCUT2D eigenvalue weighted by molar-refractivity contribution is 7.89. The van der Waals surface area contributed by atoms with Crippen LogP contribution in [0, 0.1) is 6.92 Å². The van der Waals surface area contributed by atoms with E-state index in [1.807, 2.05) is 4.90 Å². The average molecular weight is 564 g/mol. The monoisotopic (exact) mass is 562 g/mol. The molecule has 3 unspecified atom stereocenters. The number of morpholine rings is 1. The number of hydrogen-bond acceptors (Lipinski definition) is 7. The van der Waals surface area contributed by atoms with Gasteiger partial charge in [-0.1, -0.05) is 23.2 Å². The van der Waals surface area contributed by atoms with Crippen LogP contribution in [0.15, 0.2) is 17.0 Å². The van der Waals surface area contributed by atoms with Gasteiger partial charge < -0.3 is 19.7 Å². The van der Waals surface area contributed by atoms with Crippen LogP contribution in [0.3, 0.4) is 0 Å². The van der Waals surface area contributed by atoms with E-state index >= 15 is 0 Å². The zero-order chi connectivity index (χ0) is 25.9. The molecule has 3 atom stereocenters. The summed E-state index contributed by atoms with van der Waals surface area (Å²) in [4.78, 5) is 17.1. The molecule has 0 spiro atoms. The number of nitrogens with one attached hydrogen (secondary N) is 1. The van der Waals surface area contributed by atoms with Gasteiger partial charge in [0.25, 0.3) is 0 Å². The smallest absolute Gasteiger partial charge is 0.248 e. The first kappa shape index (κ1) is 28.0. The Morgan fingerprint density at radius 2 is 1.92 bits per heavy atom. The lowest BCUT2D eigenvalue weighted by molar-refractivity contribution is -0.139. The Morgan fingerprint density at radius 1 is 1.17 bits per heavy atom. The van der Waals surface area contributed by atoms with E-state index in [9.17, 15) is 13.2 Å². The number of amides is 1. The van der Waals surface area contributed by atoms with E-state index in [0.717, 1.165) is 32.5 Å². The minimum Gasteiger partial charge on any atom is -0.378 e. The van der Waals surface area contributed by atoms with Crippen LogP contribution in [-0.2, 0) is 24.3 Å². The third kappa shape index (κ3) is 6.53. The molecule has 0 radical (unpaired) electrons. The lowest BCUT2D eigenvalue weighted by atomic mass is 9.98. The Morgan fingerprint density at radius 3 is 2.64 bits per heavy atom. The topological polar surface area (TPSA) is 91.4 Å². The van der Waals surface area contributed by atoms with Crippen molar-refractivity contribution in [2.24, 2.45) is 0 Å². The number of hydrogen-bond donors (Lipinski definition) is 1. The van der Waals surface area contributed by atoms with Gasteiger partial charge in [-0.25, -0.2) is 8.42 Å². The zero-order valence-electron chi connectivity index (χ0n) is 20.9. The summed E-state index contributed by atoms with van der Waals surface area (Å²) in [5.74, 6) is -0.0733. The van der Waals surface area contributed by atoms with E-state index in [4.69, 9.17) is 32.7 Å². The molecule has 0 aliphatic carbocycles. The van der Waals surface area contributed by atoms with Crippen molar-refractivity contribution in [1.29, 1.82) is 0 Å². The Bertz CT molecular complexity index is 1040. The number of piperazine rings is 1. The van der Waals surface area contributed by atoms with Gasteiger partial charge in [0.15, 0.2) is 0 Å². The summed E-state index contributed by atoms with van der Waals surface area (Å²) >= 11 is 12.3. The van der Waals surface area contributed by atoms with Gasteiger partial charge in [-0.3, -0.25) is 9.69 Å². The van der Waals surface area contributed by atoms with Crippen LogP contribution in [0.2, 0.25) is 10.0 Å². The molecule has 0 saturated carbocycles. The SMILES string of the molecule is Cc1cc(S(=O)(=O)N2CCOCC2COCC(=O)N2CCN(C3CCNC(C)C3)CC2)c(Cl)cc1Cl. The maximum Gasteiger partial charge on any atom is 0.248 e. The third-order valence-corrected chi connectivity index (χ3v) is 10.1. The van der Waals surface area contributed by atoms with Gasteiger partial charge in [0.1, 0.15) is 11.5 Å². The number of halogens is 2. The Balaban J connectivity index is 1.29. The molecule has 0 aromatic heterocycles. The predicted octanol–water partition coefficient (Wildman–Crippen LogP) is 1.99. The van der Waals surface area contributed by atoms with Gasteiger partial charge in [-0.15, -0.1) is 0 Å². The van der Waals surface area contributed by atoms with E-state index in [1.165, 1.54) is 16.4 Å². The number of carbonyl (C=O) groups is 1. The molecular weight excluding hydrogens is 527 g/mol. The molecule has 3 aliphatic heterocycles. The molecule has 1 aromatic rings. The molecule has 3 heterocycles. The van der Waals surface area contributed by atoms with Crippen molar-refractivity contribution >= 4 is 39.1 Å². The maximum absolute atomic E-state index is 13.4. The minimum atomic E-state index is -3.90. The Hall–Kier alpha value is -0.980. The number of piperidine rings is 1. The fraction of sp³-hybridized carbons (Fsp3) is 0.708.